The molecule has 0 radical (unpaired) electrons. The van der Waals surface area contributed by atoms with E-state index in [1.54, 1.807) is 6.92 Å². The Labute approximate surface area is 121 Å². The summed E-state index contributed by atoms with van der Waals surface area (Å²) in [6.07, 6.45) is 2.54. The maximum atomic E-state index is 11.6. The summed E-state index contributed by atoms with van der Waals surface area (Å²) < 4.78 is 0. The van der Waals surface area contributed by atoms with Crippen LogP contribution in [-0.2, 0) is 0 Å². The highest BCUT2D eigenvalue weighted by molar-refractivity contribution is 6.00. The molecule has 20 heavy (non-hydrogen) atoms. The Morgan fingerprint density at radius 1 is 1.50 bits per heavy atom. The smallest absolute Gasteiger partial charge is 0.161 e. The number of likely N-dealkylation sites (N-methyl/N-ethyl adjacent to an activating group) is 2. The van der Waals surface area contributed by atoms with Crippen molar-refractivity contribution in [3.63, 3.8) is 0 Å². The number of anilines is 2. The second-order valence-corrected chi connectivity index (χ2v) is 5.63. The number of carbonyl (C=O) groups excluding carboxylic acids is 1. The van der Waals surface area contributed by atoms with E-state index in [0.29, 0.717) is 17.3 Å². The molecule has 1 aromatic carbocycles. The van der Waals surface area contributed by atoms with Crippen LogP contribution in [-0.4, -0.2) is 43.4 Å². The highest BCUT2D eigenvalue weighted by Gasteiger charge is 2.24. The molecule has 110 valence electrons. The van der Waals surface area contributed by atoms with Crippen LogP contribution in [0.1, 0.15) is 37.0 Å². The third-order valence-electron chi connectivity index (χ3n) is 4.25. The van der Waals surface area contributed by atoms with Gasteiger partial charge in [-0.2, -0.15) is 0 Å². The van der Waals surface area contributed by atoms with Crippen molar-refractivity contribution in [3.05, 3.63) is 23.8 Å². The zero-order valence-corrected chi connectivity index (χ0v) is 12.7. The second kappa shape index (κ2) is 6.27. The average Bonchev–Trinajstić information content (AvgIpc) is 2.86. The summed E-state index contributed by atoms with van der Waals surface area (Å²) in [4.78, 5) is 16.3. The molecule has 0 aromatic heterocycles. The fourth-order valence-corrected chi connectivity index (χ4v) is 3.03. The number of ketones is 1. The van der Waals surface area contributed by atoms with Crippen molar-refractivity contribution >= 4 is 17.2 Å². The first kappa shape index (κ1) is 14.9. The minimum absolute atomic E-state index is 0.0220. The molecule has 0 saturated carbocycles. The van der Waals surface area contributed by atoms with Crippen molar-refractivity contribution < 1.29 is 4.79 Å². The van der Waals surface area contributed by atoms with Crippen LogP contribution in [0.3, 0.4) is 0 Å². The molecule has 1 unspecified atom stereocenters. The fraction of sp³-hybridized carbons (Fsp3) is 0.562. The van der Waals surface area contributed by atoms with Gasteiger partial charge in [-0.15, -0.1) is 0 Å². The number of nitrogen functional groups attached to an aromatic ring is 1. The largest absolute Gasteiger partial charge is 0.398 e. The summed E-state index contributed by atoms with van der Waals surface area (Å²) >= 11 is 0. The van der Waals surface area contributed by atoms with Crippen LogP contribution in [0, 0.1) is 0 Å². The molecule has 2 rings (SSSR count). The lowest BCUT2D eigenvalue weighted by molar-refractivity contribution is 0.101. The number of hydrogen-bond donors (Lipinski definition) is 1. The third-order valence-corrected chi connectivity index (χ3v) is 4.25. The van der Waals surface area contributed by atoms with Crippen LogP contribution in [0.25, 0.3) is 0 Å². The summed E-state index contributed by atoms with van der Waals surface area (Å²) in [5, 5.41) is 0. The zero-order chi connectivity index (χ0) is 14.7. The summed E-state index contributed by atoms with van der Waals surface area (Å²) in [6, 6.07) is 6.34. The molecule has 1 aliphatic heterocycles. The molecule has 1 atom stereocenters. The predicted octanol–water partition coefficient (Wildman–Crippen LogP) is 2.39. The van der Waals surface area contributed by atoms with E-state index < -0.39 is 0 Å². The number of carbonyl (C=O) groups is 1. The normalized spacial score (nSPS) is 19.2. The van der Waals surface area contributed by atoms with E-state index in [2.05, 4.69) is 23.8 Å². The first-order chi connectivity index (χ1) is 9.52. The van der Waals surface area contributed by atoms with Crippen molar-refractivity contribution in [2.75, 3.05) is 37.3 Å². The molecule has 0 bridgehead atoms. The third kappa shape index (κ3) is 3.12. The topological polar surface area (TPSA) is 49.6 Å². The van der Waals surface area contributed by atoms with Gasteiger partial charge in [0.05, 0.1) is 0 Å². The fourth-order valence-electron chi connectivity index (χ4n) is 3.03. The summed E-state index contributed by atoms with van der Waals surface area (Å²) in [5.41, 5.74) is 8.09. The van der Waals surface area contributed by atoms with Gasteiger partial charge in [0.2, 0.25) is 0 Å². The molecule has 4 nitrogen and oxygen atoms in total. The monoisotopic (exact) mass is 275 g/mol. The molecule has 4 heteroatoms. The Morgan fingerprint density at radius 3 is 2.90 bits per heavy atom. The minimum Gasteiger partial charge on any atom is -0.398 e. The van der Waals surface area contributed by atoms with Gasteiger partial charge >= 0.3 is 0 Å². The lowest BCUT2D eigenvalue weighted by atomic mass is 10.1. The van der Waals surface area contributed by atoms with Crippen LogP contribution in [0.5, 0.6) is 0 Å². The van der Waals surface area contributed by atoms with Crippen molar-refractivity contribution in [3.8, 4) is 0 Å². The van der Waals surface area contributed by atoms with E-state index in [9.17, 15) is 4.79 Å². The molecular formula is C16H25N3O. The Balaban J connectivity index is 2.11. The first-order valence-corrected chi connectivity index (χ1v) is 7.38. The lowest BCUT2D eigenvalue weighted by Gasteiger charge is -2.29. The van der Waals surface area contributed by atoms with Gasteiger partial charge in [0.25, 0.3) is 0 Å². The molecule has 1 saturated heterocycles. The maximum absolute atomic E-state index is 11.6. The zero-order valence-electron chi connectivity index (χ0n) is 12.7. The van der Waals surface area contributed by atoms with Crippen molar-refractivity contribution in [2.45, 2.75) is 32.7 Å². The van der Waals surface area contributed by atoms with E-state index >= 15 is 0 Å². The standard InChI is InChI=1S/C16H25N3O/c1-4-19-9-5-6-14(19)11-18(3)13-7-8-16(17)15(10-13)12(2)20/h7-8,10,14H,4-6,9,11,17H2,1-3H3. The molecule has 2 N–H and O–H groups in total. The quantitative estimate of drug-likeness (QED) is 0.662. The Kier molecular flexibility index (Phi) is 4.65. The van der Waals surface area contributed by atoms with Gasteiger partial charge in [0, 0.05) is 36.6 Å². The Hall–Kier alpha value is -1.55. The number of rotatable bonds is 5. The molecule has 1 aromatic rings. The molecule has 0 aliphatic carbocycles. The van der Waals surface area contributed by atoms with Gasteiger partial charge in [-0.3, -0.25) is 9.69 Å². The predicted molar refractivity (Wildman–Crippen MR) is 84.4 cm³/mol. The van der Waals surface area contributed by atoms with Gasteiger partial charge < -0.3 is 10.6 Å². The number of nitrogens with zero attached hydrogens (tertiary/aromatic N) is 2. The van der Waals surface area contributed by atoms with Crippen LogP contribution >= 0.6 is 0 Å². The highest BCUT2D eigenvalue weighted by Crippen LogP contribution is 2.24. The number of nitrogens with two attached hydrogens (primary N) is 1. The van der Waals surface area contributed by atoms with E-state index in [0.717, 1.165) is 18.8 Å². The summed E-state index contributed by atoms with van der Waals surface area (Å²) in [5.74, 6) is 0.0220. The summed E-state index contributed by atoms with van der Waals surface area (Å²) in [7, 11) is 2.08. The van der Waals surface area contributed by atoms with Crippen LogP contribution in [0.4, 0.5) is 11.4 Å². The average molecular weight is 275 g/mol. The van der Waals surface area contributed by atoms with Gasteiger partial charge in [0.15, 0.2) is 5.78 Å². The number of likely N-dealkylation sites (tertiary alicyclic amines) is 1. The lowest BCUT2D eigenvalue weighted by Crippen LogP contribution is -2.38. The van der Waals surface area contributed by atoms with E-state index in [4.69, 9.17) is 5.73 Å². The molecule has 1 heterocycles. The van der Waals surface area contributed by atoms with Crippen LogP contribution in [0.2, 0.25) is 0 Å². The molecule has 1 fully saturated rings. The van der Waals surface area contributed by atoms with Crippen molar-refractivity contribution in [1.29, 1.82) is 0 Å². The number of benzene rings is 1. The Bertz CT molecular complexity index is 487. The first-order valence-electron chi connectivity index (χ1n) is 7.38. The van der Waals surface area contributed by atoms with Gasteiger partial charge in [0.1, 0.15) is 0 Å². The number of Topliss-reactive ketones (excluding diaryl/α,β-unsaturated/α-hetero) is 1. The highest BCUT2D eigenvalue weighted by atomic mass is 16.1. The van der Waals surface area contributed by atoms with Crippen molar-refractivity contribution in [1.82, 2.24) is 4.90 Å². The van der Waals surface area contributed by atoms with Crippen LogP contribution < -0.4 is 10.6 Å². The van der Waals surface area contributed by atoms with Crippen molar-refractivity contribution in [2.24, 2.45) is 0 Å². The van der Waals surface area contributed by atoms with Gasteiger partial charge in [-0.1, -0.05) is 6.92 Å². The van der Waals surface area contributed by atoms with Gasteiger partial charge in [-0.25, -0.2) is 0 Å². The van der Waals surface area contributed by atoms with Gasteiger partial charge in [-0.05, 0) is 51.1 Å². The van der Waals surface area contributed by atoms with E-state index in [1.165, 1.54) is 19.4 Å². The molecular weight excluding hydrogens is 250 g/mol. The van der Waals surface area contributed by atoms with E-state index in [1.807, 2.05) is 18.2 Å². The summed E-state index contributed by atoms with van der Waals surface area (Å²) in [6.45, 7) is 7.09. The second-order valence-electron chi connectivity index (χ2n) is 5.63. The SMILES string of the molecule is CCN1CCCC1CN(C)c1ccc(N)c(C(C)=O)c1. The van der Waals surface area contributed by atoms with E-state index in [-0.39, 0.29) is 5.78 Å². The Morgan fingerprint density at radius 2 is 2.25 bits per heavy atom. The molecule has 0 amide bonds. The number of hydrogen-bond acceptors (Lipinski definition) is 4. The molecule has 0 spiro atoms. The molecule has 1 aliphatic rings. The maximum Gasteiger partial charge on any atom is 0.161 e. The minimum atomic E-state index is 0.0220. The van der Waals surface area contributed by atoms with Crippen LogP contribution in [0.15, 0.2) is 18.2 Å².